The van der Waals surface area contributed by atoms with Gasteiger partial charge < -0.3 is 9.88 Å². The number of nitrogens with one attached hydrogen (secondary N) is 1. The summed E-state index contributed by atoms with van der Waals surface area (Å²) in [6, 6.07) is 0. The topological polar surface area (TPSA) is 31.9 Å². The van der Waals surface area contributed by atoms with Crippen molar-refractivity contribution in [3.8, 4) is 0 Å². The average Bonchev–Trinajstić information content (AvgIpc) is 2.12. The molecule has 0 aromatic carbocycles. The van der Waals surface area contributed by atoms with E-state index in [0.29, 0.717) is 5.92 Å². The third-order valence-electron chi connectivity index (χ3n) is 2.58. The van der Waals surface area contributed by atoms with Crippen molar-refractivity contribution in [1.82, 2.24) is 14.9 Å². The van der Waals surface area contributed by atoms with Gasteiger partial charge in [-0.05, 0) is 26.9 Å². The number of aromatic amines is 1. The van der Waals surface area contributed by atoms with Crippen LogP contribution < -0.4 is 0 Å². The van der Waals surface area contributed by atoms with Crippen molar-refractivity contribution >= 4 is 12.2 Å². The van der Waals surface area contributed by atoms with Crippen LogP contribution in [0.3, 0.4) is 0 Å². The lowest BCUT2D eigenvalue weighted by molar-refractivity contribution is 0.409. The first-order valence-corrected chi connectivity index (χ1v) is 6.07. The molecule has 0 aliphatic heterocycles. The van der Waals surface area contributed by atoms with Gasteiger partial charge in [0.05, 0.1) is 0 Å². The molecule has 1 aromatic heterocycles. The molecule has 16 heavy (non-hydrogen) atoms. The molecule has 0 radical (unpaired) electrons. The maximum atomic E-state index is 5.34. The molecule has 1 aromatic rings. The molecule has 0 aliphatic rings. The number of H-pyrrole nitrogens is 1. The Morgan fingerprint density at radius 1 is 1.38 bits per heavy atom. The summed E-state index contributed by atoms with van der Waals surface area (Å²) in [6.07, 6.45) is 0.913. The van der Waals surface area contributed by atoms with Crippen LogP contribution in [-0.4, -0.2) is 35.5 Å². The fourth-order valence-corrected chi connectivity index (χ4v) is 2.28. The normalized spacial score (nSPS) is 11.4. The zero-order valence-corrected chi connectivity index (χ0v) is 11.6. The zero-order chi connectivity index (χ0) is 12.3. The van der Waals surface area contributed by atoms with E-state index in [9.17, 15) is 0 Å². The summed E-state index contributed by atoms with van der Waals surface area (Å²) in [4.78, 5) is 9.95. The summed E-state index contributed by atoms with van der Waals surface area (Å²) in [5, 5.41) is 0. The lowest BCUT2D eigenvalue weighted by Crippen LogP contribution is -2.17. The van der Waals surface area contributed by atoms with Crippen molar-refractivity contribution in [2.75, 3.05) is 20.6 Å². The Bertz CT molecular complexity index is 407. The first kappa shape index (κ1) is 13.3. The minimum Gasteiger partial charge on any atom is -0.347 e. The summed E-state index contributed by atoms with van der Waals surface area (Å²) in [7, 11) is 4.12. The summed E-state index contributed by atoms with van der Waals surface area (Å²) in [6.45, 7) is 7.35. The predicted molar refractivity (Wildman–Crippen MR) is 70.5 cm³/mol. The van der Waals surface area contributed by atoms with E-state index in [1.807, 2.05) is 0 Å². The predicted octanol–water partition coefficient (Wildman–Crippen LogP) is 2.68. The number of rotatable bonds is 4. The molecule has 90 valence electrons. The molecule has 1 heterocycles. The fourth-order valence-electron chi connectivity index (χ4n) is 1.78. The van der Waals surface area contributed by atoms with E-state index in [1.54, 1.807) is 0 Å². The van der Waals surface area contributed by atoms with E-state index in [4.69, 9.17) is 12.2 Å². The molecular weight excluding hydrogens is 218 g/mol. The Balaban J connectivity index is 2.96. The summed E-state index contributed by atoms with van der Waals surface area (Å²) < 4.78 is 0.750. The Hall–Kier alpha value is -0.740. The molecule has 1 rings (SSSR count). The lowest BCUT2D eigenvalue weighted by Gasteiger charge is -2.13. The van der Waals surface area contributed by atoms with Gasteiger partial charge in [0.1, 0.15) is 10.5 Å². The molecule has 0 aliphatic carbocycles. The highest BCUT2D eigenvalue weighted by Gasteiger charge is 2.08. The molecule has 0 spiro atoms. The Morgan fingerprint density at radius 3 is 2.44 bits per heavy atom. The van der Waals surface area contributed by atoms with Crippen molar-refractivity contribution in [2.45, 2.75) is 33.1 Å². The highest BCUT2D eigenvalue weighted by molar-refractivity contribution is 7.71. The zero-order valence-electron chi connectivity index (χ0n) is 10.8. The van der Waals surface area contributed by atoms with Crippen molar-refractivity contribution in [1.29, 1.82) is 0 Å². The molecule has 0 unspecified atom stereocenters. The van der Waals surface area contributed by atoms with Crippen LogP contribution >= 0.6 is 12.2 Å². The SMILES string of the molecule is Cc1[nH]c(CCN(C)C)nc(=S)c1C(C)C. The molecule has 0 bridgehead atoms. The van der Waals surface area contributed by atoms with Crippen LogP contribution in [0.15, 0.2) is 0 Å². The maximum absolute atomic E-state index is 5.34. The van der Waals surface area contributed by atoms with E-state index >= 15 is 0 Å². The molecule has 0 fully saturated rings. The molecule has 0 amide bonds. The van der Waals surface area contributed by atoms with Crippen LogP contribution in [-0.2, 0) is 6.42 Å². The molecule has 0 atom stereocenters. The quantitative estimate of drug-likeness (QED) is 0.820. The molecule has 1 N–H and O–H groups in total. The second-order valence-electron chi connectivity index (χ2n) is 4.74. The third-order valence-corrected chi connectivity index (χ3v) is 2.89. The number of likely N-dealkylation sites (N-methyl/N-ethyl adjacent to an activating group) is 1. The summed E-state index contributed by atoms with van der Waals surface area (Å²) in [5.41, 5.74) is 2.33. The monoisotopic (exact) mass is 239 g/mol. The van der Waals surface area contributed by atoms with Gasteiger partial charge in [-0.15, -0.1) is 0 Å². The van der Waals surface area contributed by atoms with Crippen LogP contribution in [0.25, 0.3) is 0 Å². The number of hydrogen-bond donors (Lipinski definition) is 1. The molecule has 3 nitrogen and oxygen atoms in total. The molecule has 0 saturated carbocycles. The molecule has 4 heteroatoms. The van der Waals surface area contributed by atoms with E-state index in [1.165, 1.54) is 5.56 Å². The Morgan fingerprint density at radius 2 is 2.00 bits per heavy atom. The first-order valence-electron chi connectivity index (χ1n) is 5.66. The van der Waals surface area contributed by atoms with Crippen LogP contribution in [0, 0.1) is 11.6 Å². The first-order chi connectivity index (χ1) is 7.41. The van der Waals surface area contributed by atoms with Gasteiger partial charge in [-0.1, -0.05) is 26.1 Å². The van der Waals surface area contributed by atoms with Gasteiger partial charge in [-0.3, -0.25) is 0 Å². The van der Waals surface area contributed by atoms with Gasteiger partial charge in [0, 0.05) is 24.2 Å². The van der Waals surface area contributed by atoms with Crippen LogP contribution in [0.5, 0.6) is 0 Å². The highest BCUT2D eigenvalue weighted by atomic mass is 32.1. The Labute approximate surface area is 103 Å². The van der Waals surface area contributed by atoms with Crippen molar-refractivity contribution < 1.29 is 0 Å². The second-order valence-corrected chi connectivity index (χ2v) is 5.12. The smallest absolute Gasteiger partial charge is 0.133 e. The van der Waals surface area contributed by atoms with Crippen LogP contribution in [0.4, 0.5) is 0 Å². The van der Waals surface area contributed by atoms with Gasteiger partial charge >= 0.3 is 0 Å². The molecule has 0 saturated heterocycles. The largest absolute Gasteiger partial charge is 0.347 e. The van der Waals surface area contributed by atoms with E-state index in [2.05, 4.69) is 49.7 Å². The van der Waals surface area contributed by atoms with Crippen molar-refractivity contribution in [3.05, 3.63) is 21.7 Å². The van der Waals surface area contributed by atoms with Gasteiger partial charge in [0.25, 0.3) is 0 Å². The fraction of sp³-hybridized carbons (Fsp3) is 0.667. The van der Waals surface area contributed by atoms with E-state index in [0.717, 1.165) is 29.1 Å². The minimum absolute atomic E-state index is 0.430. The Kier molecular flexibility index (Phi) is 4.62. The standard InChI is InChI=1S/C12H21N3S/c1-8(2)11-9(3)13-10(14-12(11)16)6-7-15(4)5/h8H,6-7H2,1-5H3,(H,13,14,16). The molecular formula is C12H21N3S. The lowest BCUT2D eigenvalue weighted by atomic mass is 10.0. The summed E-state index contributed by atoms with van der Waals surface area (Å²) >= 11 is 5.34. The van der Waals surface area contributed by atoms with Crippen molar-refractivity contribution in [2.24, 2.45) is 0 Å². The van der Waals surface area contributed by atoms with Gasteiger partial charge in [0.15, 0.2) is 0 Å². The third kappa shape index (κ3) is 3.39. The van der Waals surface area contributed by atoms with Gasteiger partial charge in [0.2, 0.25) is 0 Å². The van der Waals surface area contributed by atoms with Crippen molar-refractivity contribution in [3.63, 3.8) is 0 Å². The van der Waals surface area contributed by atoms with E-state index < -0.39 is 0 Å². The maximum Gasteiger partial charge on any atom is 0.133 e. The number of aryl methyl sites for hydroxylation is 1. The van der Waals surface area contributed by atoms with E-state index in [-0.39, 0.29) is 0 Å². The van der Waals surface area contributed by atoms with Crippen LogP contribution in [0.2, 0.25) is 0 Å². The number of nitrogens with zero attached hydrogens (tertiary/aromatic N) is 2. The second kappa shape index (κ2) is 5.55. The van der Waals surface area contributed by atoms with Gasteiger partial charge in [-0.25, -0.2) is 4.98 Å². The summed E-state index contributed by atoms with van der Waals surface area (Å²) in [5.74, 6) is 1.42. The average molecular weight is 239 g/mol. The highest BCUT2D eigenvalue weighted by Crippen LogP contribution is 2.18. The minimum atomic E-state index is 0.430. The van der Waals surface area contributed by atoms with Crippen LogP contribution in [0.1, 0.15) is 36.8 Å². The number of aromatic nitrogens is 2. The van der Waals surface area contributed by atoms with Gasteiger partial charge in [-0.2, -0.15) is 0 Å². The number of hydrogen-bond acceptors (Lipinski definition) is 3.